The van der Waals surface area contributed by atoms with E-state index in [9.17, 15) is 4.79 Å². The number of carbonyl (C=O) groups excluding carboxylic acids is 1. The van der Waals surface area contributed by atoms with E-state index >= 15 is 0 Å². The van der Waals surface area contributed by atoms with Crippen molar-refractivity contribution in [2.75, 3.05) is 11.9 Å². The lowest BCUT2D eigenvalue weighted by Gasteiger charge is -2.11. The van der Waals surface area contributed by atoms with Gasteiger partial charge in [0.05, 0.1) is 11.8 Å². The molecule has 4 heteroatoms. The number of anilines is 1. The van der Waals surface area contributed by atoms with Crippen molar-refractivity contribution < 1.29 is 14.3 Å². The van der Waals surface area contributed by atoms with Crippen LogP contribution in [-0.2, 0) is 9.53 Å². The SMILES string of the molecule is CC(=O)Nc1ccc(C)cc1OC[C@@H]1O[C@@H]1C. The van der Waals surface area contributed by atoms with E-state index in [1.807, 2.05) is 32.0 Å². The Morgan fingerprint density at radius 1 is 1.53 bits per heavy atom. The average molecular weight is 235 g/mol. The maximum Gasteiger partial charge on any atom is 0.221 e. The van der Waals surface area contributed by atoms with E-state index in [1.165, 1.54) is 6.92 Å². The van der Waals surface area contributed by atoms with Crippen LogP contribution >= 0.6 is 0 Å². The lowest BCUT2D eigenvalue weighted by molar-refractivity contribution is -0.114. The molecule has 92 valence electrons. The Morgan fingerprint density at radius 2 is 2.24 bits per heavy atom. The lowest BCUT2D eigenvalue weighted by atomic mass is 10.2. The third kappa shape index (κ3) is 3.20. The van der Waals surface area contributed by atoms with Crippen LogP contribution in [0.5, 0.6) is 5.75 Å². The van der Waals surface area contributed by atoms with Gasteiger partial charge >= 0.3 is 0 Å². The predicted molar refractivity (Wildman–Crippen MR) is 65.3 cm³/mol. The van der Waals surface area contributed by atoms with Crippen LogP contribution in [0.25, 0.3) is 0 Å². The molecule has 1 aliphatic rings. The monoisotopic (exact) mass is 235 g/mol. The first-order chi connectivity index (χ1) is 8.06. The molecule has 1 fully saturated rings. The fraction of sp³-hybridized carbons (Fsp3) is 0.462. The van der Waals surface area contributed by atoms with E-state index in [1.54, 1.807) is 0 Å². The zero-order valence-corrected chi connectivity index (χ0v) is 10.3. The summed E-state index contributed by atoms with van der Waals surface area (Å²) in [4.78, 5) is 11.1. The minimum Gasteiger partial charge on any atom is -0.489 e. The fourth-order valence-electron chi connectivity index (χ4n) is 1.62. The first-order valence-electron chi connectivity index (χ1n) is 5.73. The van der Waals surface area contributed by atoms with Crippen LogP contribution in [0.15, 0.2) is 18.2 Å². The molecule has 0 bridgehead atoms. The normalized spacial score (nSPS) is 22.1. The number of hydrogen-bond donors (Lipinski definition) is 1. The van der Waals surface area contributed by atoms with Gasteiger partial charge in [0.1, 0.15) is 18.5 Å². The number of carbonyl (C=O) groups is 1. The van der Waals surface area contributed by atoms with Crippen molar-refractivity contribution in [3.8, 4) is 5.75 Å². The molecular weight excluding hydrogens is 218 g/mol. The number of amides is 1. The van der Waals surface area contributed by atoms with Gasteiger partial charge in [-0.05, 0) is 31.5 Å². The Labute approximate surface area is 101 Å². The van der Waals surface area contributed by atoms with Gasteiger partial charge in [0.15, 0.2) is 0 Å². The maximum absolute atomic E-state index is 11.1. The van der Waals surface area contributed by atoms with Gasteiger partial charge in [-0.25, -0.2) is 0 Å². The second-order valence-corrected chi connectivity index (χ2v) is 4.37. The molecule has 1 amide bonds. The van der Waals surface area contributed by atoms with Gasteiger partial charge in [-0.3, -0.25) is 4.79 Å². The summed E-state index contributed by atoms with van der Waals surface area (Å²) in [5.41, 5.74) is 1.80. The number of benzene rings is 1. The molecule has 1 aromatic rings. The highest BCUT2D eigenvalue weighted by Gasteiger charge is 2.34. The van der Waals surface area contributed by atoms with Gasteiger partial charge in [-0.15, -0.1) is 0 Å². The van der Waals surface area contributed by atoms with Crippen molar-refractivity contribution in [3.63, 3.8) is 0 Å². The number of rotatable bonds is 4. The number of nitrogens with one attached hydrogen (secondary N) is 1. The summed E-state index contributed by atoms with van der Waals surface area (Å²) < 4.78 is 11.0. The van der Waals surface area contributed by atoms with Crippen LogP contribution in [0.1, 0.15) is 19.4 Å². The Balaban J connectivity index is 2.06. The van der Waals surface area contributed by atoms with Crippen LogP contribution in [0, 0.1) is 6.92 Å². The Hall–Kier alpha value is -1.55. The average Bonchev–Trinajstić information content (AvgIpc) is 2.94. The molecule has 0 aliphatic carbocycles. The summed E-state index contributed by atoms with van der Waals surface area (Å²) in [6, 6.07) is 5.70. The van der Waals surface area contributed by atoms with Crippen LogP contribution in [0.2, 0.25) is 0 Å². The molecule has 17 heavy (non-hydrogen) atoms. The quantitative estimate of drug-likeness (QED) is 0.813. The summed E-state index contributed by atoms with van der Waals surface area (Å²) in [6.07, 6.45) is 0.463. The van der Waals surface area contributed by atoms with Crippen molar-refractivity contribution in [2.45, 2.75) is 33.0 Å². The smallest absolute Gasteiger partial charge is 0.221 e. The highest BCUT2D eigenvalue weighted by atomic mass is 16.6. The van der Waals surface area contributed by atoms with Gasteiger partial charge < -0.3 is 14.8 Å². The maximum atomic E-state index is 11.1. The van der Waals surface area contributed by atoms with E-state index in [0.717, 1.165) is 5.56 Å². The number of hydrogen-bond acceptors (Lipinski definition) is 3. The highest BCUT2D eigenvalue weighted by Crippen LogP contribution is 2.28. The number of epoxide rings is 1. The Bertz CT molecular complexity index is 431. The van der Waals surface area contributed by atoms with Gasteiger partial charge in [0.2, 0.25) is 5.91 Å². The fourth-order valence-corrected chi connectivity index (χ4v) is 1.62. The molecule has 1 aromatic carbocycles. The number of aryl methyl sites for hydroxylation is 1. The van der Waals surface area contributed by atoms with Crippen molar-refractivity contribution in [1.29, 1.82) is 0 Å². The van der Waals surface area contributed by atoms with Crippen LogP contribution in [-0.4, -0.2) is 24.7 Å². The van der Waals surface area contributed by atoms with Crippen LogP contribution in [0.4, 0.5) is 5.69 Å². The van der Waals surface area contributed by atoms with Crippen molar-refractivity contribution in [3.05, 3.63) is 23.8 Å². The van der Waals surface area contributed by atoms with Gasteiger partial charge in [0, 0.05) is 6.92 Å². The predicted octanol–water partition coefficient (Wildman–Crippen LogP) is 2.12. The molecule has 0 unspecified atom stereocenters. The van der Waals surface area contributed by atoms with E-state index < -0.39 is 0 Å². The molecule has 0 saturated carbocycles. The van der Waals surface area contributed by atoms with Crippen LogP contribution in [0.3, 0.4) is 0 Å². The molecule has 1 heterocycles. The topological polar surface area (TPSA) is 50.9 Å². The first kappa shape index (κ1) is 11.9. The van der Waals surface area contributed by atoms with Crippen LogP contribution < -0.4 is 10.1 Å². The standard InChI is InChI=1S/C13H17NO3/c1-8-4-5-11(14-10(3)15)12(6-8)16-7-13-9(2)17-13/h4-6,9,13H,7H2,1-3H3,(H,14,15)/t9-,13+/m1/s1. The molecule has 0 radical (unpaired) electrons. The van der Waals surface area contributed by atoms with Crippen molar-refractivity contribution in [1.82, 2.24) is 0 Å². The van der Waals surface area contributed by atoms with E-state index in [4.69, 9.17) is 9.47 Å². The Kier molecular flexibility index (Phi) is 3.33. The third-order valence-electron chi connectivity index (χ3n) is 2.69. The summed E-state index contributed by atoms with van der Waals surface area (Å²) >= 11 is 0. The molecule has 2 atom stereocenters. The largest absolute Gasteiger partial charge is 0.489 e. The van der Waals surface area contributed by atoms with Crippen molar-refractivity contribution >= 4 is 11.6 Å². The minimum atomic E-state index is -0.102. The number of ether oxygens (including phenoxy) is 2. The summed E-state index contributed by atoms with van der Waals surface area (Å²) in [6.45, 7) is 6.01. The summed E-state index contributed by atoms with van der Waals surface area (Å²) in [7, 11) is 0. The highest BCUT2D eigenvalue weighted by molar-refractivity contribution is 5.90. The second kappa shape index (κ2) is 4.75. The molecule has 1 N–H and O–H groups in total. The molecule has 1 aliphatic heterocycles. The zero-order chi connectivity index (χ0) is 12.4. The second-order valence-electron chi connectivity index (χ2n) is 4.37. The summed E-state index contributed by atoms with van der Waals surface area (Å²) in [5.74, 6) is 0.595. The Morgan fingerprint density at radius 3 is 2.82 bits per heavy atom. The molecule has 2 rings (SSSR count). The van der Waals surface area contributed by atoms with Gasteiger partial charge in [-0.2, -0.15) is 0 Å². The van der Waals surface area contributed by atoms with E-state index in [2.05, 4.69) is 5.32 Å². The lowest BCUT2D eigenvalue weighted by Crippen LogP contribution is -2.11. The molecule has 0 aromatic heterocycles. The first-order valence-corrected chi connectivity index (χ1v) is 5.73. The van der Waals surface area contributed by atoms with Gasteiger partial charge in [-0.1, -0.05) is 6.07 Å². The van der Waals surface area contributed by atoms with E-state index in [0.29, 0.717) is 18.0 Å². The molecule has 4 nitrogen and oxygen atoms in total. The molecule has 0 spiro atoms. The van der Waals surface area contributed by atoms with Gasteiger partial charge in [0.25, 0.3) is 0 Å². The zero-order valence-electron chi connectivity index (χ0n) is 10.3. The molecule has 1 saturated heterocycles. The summed E-state index contributed by atoms with van der Waals surface area (Å²) in [5, 5.41) is 2.75. The van der Waals surface area contributed by atoms with E-state index in [-0.39, 0.29) is 18.1 Å². The minimum absolute atomic E-state index is 0.102. The molecular formula is C13H17NO3. The van der Waals surface area contributed by atoms with Crippen molar-refractivity contribution in [2.24, 2.45) is 0 Å². The third-order valence-corrected chi connectivity index (χ3v) is 2.69.